The summed E-state index contributed by atoms with van der Waals surface area (Å²) >= 11 is 0. The molecule has 118 valence electrons. The van der Waals surface area contributed by atoms with Gasteiger partial charge in [-0.05, 0) is 43.5 Å². The zero-order valence-electron chi connectivity index (χ0n) is 12.7. The highest BCUT2D eigenvalue weighted by Crippen LogP contribution is 2.18. The lowest BCUT2D eigenvalue weighted by atomic mass is 10.1. The zero-order chi connectivity index (χ0) is 15.9. The minimum atomic E-state index is -3.90. The van der Waals surface area contributed by atoms with Crippen molar-refractivity contribution < 1.29 is 22.1 Å². The molecule has 0 amide bonds. The van der Waals surface area contributed by atoms with Gasteiger partial charge in [-0.15, -0.1) is 0 Å². The van der Waals surface area contributed by atoms with Crippen LogP contribution in [0.5, 0.6) is 5.75 Å². The molecule has 0 saturated heterocycles. The van der Waals surface area contributed by atoms with E-state index < -0.39 is 16.7 Å². The molecule has 0 spiro atoms. The SMILES string of the molecule is CCOc1ccc(S(=O)(=O)OCC(=O)CCC(C)C)cc1. The molecule has 0 unspecified atom stereocenters. The normalized spacial score (nSPS) is 11.6. The summed E-state index contributed by atoms with van der Waals surface area (Å²) in [5.41, 5.74) is 0. The van der Waals surface area contributed by atoms with Crippen LogP contribution in [0.1, 0.15) is 33.6 Å². The van der Waals surface area contributed by atoms with Gasteiger partial charge in [-0.25, -0.2) is 0 Å². The number of ether oxygens (including phenoxy) is 1. The number of Topliss-reactive ketones (excluding diaryl/α,β-unsaturated/α-hetero) is 1. The molecule has 0 saturated carbocycles. The van der Waals surface area contributed by atoms with Crippen molar-refractivity contribution in [2.24, 2.45) is 5.92 Å². The second-order valence-electron chi connectivity index (χ2n) is 5.09. The number of carbonyl (C=O) groups excluding carboxylic acids is 1. The van der Waals surface area contributed by atoms with Crippen molar-refractivity contribution in [3.05, 3.63) is 24.3 Å². The van der Waals surface area contributed by atoms with E-state index in [-0.39, 0.29) is 10.7 Å². The van der Waals surface area contributed by atoms with Gasteiger partial charge in [0.1, 0.15) is 12.4 Å². The lowest BCUT2D eigenvalue weighted by Crippen LogP contribution is -2.15. The Kier molecular flexibility index (Phi) is 6.84. The fourth-order valence-corrected chi connectivity index (χ4v) is 2.49. The van der Waals surface area contributed by atoms with Crippen LogP contribution in [0.2, 0.25) is 0 Å². The summed E-state index contributed by atoms with van der Waals surface area (Å²) in [5, 5.41) is 0. The van der Waals surface area contributed by atoms with Crippen LogP contribution in [0.4, 0.5) is 0 Å². The van der Waals surface area contributed by atoms with Crippen LogP contribution in [-0.2, 0) is 19.1 Å². The van der Waals surface area contributed by atoms with E-state index in [4.69, 9.17) is 8.92 Å². The third-order valence-electron chi connectivity index (χ3n) is 2.80. The molecule has 0 atom stereocenters. The number of hydrogen-bond donors (Lipinski definition) is 0. The van der Waals surface area contributed by atoms with Gasteiger partial charge in [-0.3, -0.25) is 8.98 Å². The molecular weight excluding hydrogens is 292 g/mol. The van der Waals surface area contributed by atoms with Gasteiger partial charge < -0.3 is 4.74 Å². The predicted molar refractivity (Wildman–Crippen MR) is 79.8 cm³/mol. The second-order valence-corrected chi connectivity index (χ2v) is 6.71. The van der Waals surface area contributed by atoms with Gasteiger partial charge in [-0.1, -0.05) is 13.8 Å². The van der Waals surface area contributed by atoms with Crippen LogP contribution in [0.3, 0.4) is 0 Å². The van der Waals surface area contributed by atoms with Crippen LogP contribution >= 0.6 is 0 Å². The van der Waals surface area contributed by atoms with Crippen LogP contribution in [0.25, 0.3) is 0 Å². The first kappa shape index (κ1) is 17.7. The molecule has 1 rings (SSSR count). The smallest absolute Gasteiger partial charge is 0.297 e. The first-order valence-corrected chi connectivity index (χ1v) is 8.40. The Labute approximate surface area is 126 Å². The van der Waals surface area contributed by atoms with Crippen molar-refractivity contribution in [2.75, 3.05) is 13.2 Å². The number of ketones is 1. The van der Waals surface area contributed by atoms with E-state index in [1.807, 2.05) is 20.8 Å². The van der Waals surface area contributed by atoms with E-state index >= 15 is 0 Å². The van der Waals surface area contributed by atoms with Crippen molar-refractivity contribution >= 4 is 15.9 Å². The third-order valence-corrected chi connectivity index (χ3v) is 4.08. The van der Waals surface area contributed by atoms with Crippen LogP contribution in [-0.4, -0.2) is 27.4 Å². The lowest BCUT2D eigenvalue weighted by Gasteiger charge is -2.07. The summed E-state index contributed by atoms with van der Waals surface area (Å²) in [4.78, 5) is 11.6. The molecule has 0 bridgehead atoms. The molecule has 1 aromatic carbocycles. The fraction of sp³-hybridized carbons (Fsp3) is 0.533. The van der Waals surface area contributed by atoms with Crippen molar-refractivity contribution in [3.8, 4) is 5.75 Å². The molecule has 0 aromatic heterocycles. The molecule has 0 aliphatic rings. The predicted octanol–water partition coefficient (Wildman–Crippen LogP) is 2.80. The van der Waals surface area contributed by atoms with E-state index in [9.17, 15) is 13.2 Å². The molecular formula is C15H22O5S. The number of rotatable bonds is 9. The summed E-state index contributed by atoms with van der Waals surface area (Å²) in [7, 11) is -3.90. The second kappa shape index (κ2) is 8.14. The molecule has 0 aliphatic carbocycles. The third kappa shape index (κ3) is 6.27. The Hall–Kier alpha value is -1.40. The molecule has 21 heavy (non-hydrogen) atoms. The molecule has 1 aromatic rings. The van der Waals surface area contributed by atoms with Crippen molar-refractivity contribution in [1.29, 1.82) is 0 Å². The summed E-state index contributed by atoms with van der Waals surface area (Å²) in [6.07, 6.45) is 1.06. The summed E-state index contributed by atoms with van der Waals surface area (Å²) in [6, 6.07) is 5.92. The Balaban J connectivity index is 2.58. The molecule has 0 radical (unpaired) electrons. The highest BCUT2D eigenvalue weighted by atomic mass is 32.2. The van der Waals surface area contributed by atoms with Gasteiger partial charge in [0.25, 0.3) is 10.1 Å². The zero-order valence-corrected chi connectivity index (χ0v) is 13.5. The summed E-state index contributed by atoms with van der Waals surface area (Å²) in [5.74, 6) is 0.777. The van der Waals surface area contributed by atoms with E-state index in [1.54, 1.807) is 12.1 Å². The van der Waals surface area contributed by atoms with Crippen LogP contribution in [0, 0.1) is 5.92 Å². The van der Waals surface area contributed by atoms with Gasteiger partial charge in [0.05, 0.1) is 11.5 Å². The molecule has 0 heterocycles. The van der Waals surface area contributed by atoms with Gasteiger partial charge >= 0.3 is 0 Å². The van der Waals surface area contributed by atoms with E-state index in [2.05, 4.69) is 0 Å². The average Bonchev–Trinajstić information content (AvgIpc) is 2.44. The fourth-order valence-electron chi connectivity index (χ4n) is 1.60. The van der Waals surface area contributed by atoms with E-state index in [1.165, 1.54) is 12.1 Å². The highest BCUT2D eigenvalue weighted by molar-refractivity contribution is 7.86. The van der Waals surface area contributed by atoms with Crippen molar-refractivity contribution in [3.63, 3.8) is 0 Å². The maximum Gasteiger partial charge on any atom is 0.297 e. The first-order valence-electron chi connectivity index (χ1n) is 6.99. The Morgan fingerprint density at radius 1 is 1.19 bits per heavy atom. The largest absolute Gasteiger partial charge is 0.494 e. The quantitative estimate of drug-likeness (QED) is 0.656. The summed E-state index contributed by atoms with van der Waals surface area (Å²) < 4.78 is 33.9. The van der Waals surface area contributed by atoms with Gasteiger partial charge in [0, 0.05) is 6.42 Å². The topological polar surface area (TPSA) is 69.7 Å². The Morgan fingerprint density at radius 2 is 1.81 bits per heavy atom. The number of carbonyl (C=O) groups is 1. The molecule has 0 fully saturated rings. The van der Waals surface area contributed by atoms with Crippen LogP contribution in [0.15, 0.2) is 29.2 Å². The monoisotopic (exact) mass is 314 g/mol. The number of benzene rings is 1. The number of hydrogen-bond acceptors (Lipinski definition) is 5. The maximum atomic E-state index is 11.9. The van der Waals surface area contributed by atoms with E-state index in [0.29, 0.717) is 24.7 Å². The van der Waals surface area contributed by atoms with Gasteiger partial charge in [0.2, 0.25) is 0 Å². The van der Waals surface area contributed by atoms with Crippen LogP contribution < -0.4 is 4.74 Å². The highest BCUT2D eigenvalue weighted by Gasteiger charge is 2.17. The van der Waals surface area contributed by atoms with Crippen molar-refractivity contribution in [2.45, 2.75) is 38.5 Å². The van der Waals surface area contributed by atoms with E-state index in [0.717, 1.165) is 6.42 Å². The van der Waals surface area contributed by atoms with Gasteiger partial charge in [0.15, 0.2) is 5.78 Å². The molecule has 5 nitrogen and oxygen atoms in total. The van der Waals surface area contributed by atoms with Crippen molar-refractivity contribution in [1.82, 2.24) is 0 Å². The minimum absolute atomic E-state index is 0.0163. The maximum absolute atomic E-state index is 11.9. The Bertz CT molecular complexity index is 546. The summed E-state index contributed by atoms with van der Waals surface area (Å²) in [6.45, 7) is 5.95. The molecule has 0 aliphatic heterocycles. The molecule has 0 N–H and O–H groups in total. The minimum Gasteiger partial charge on any atom is -0.494 e. The molecule has 6 heteroatoms. The standard InChI is InChI=1S/C15H22O5S/c1-4-19-14-7-9-15(10-8-14)21(17,18)20-11-13(16)6-5-12(2)3/h7-10,12H,4-6,11H2,1-3H3. The average molecular weight is 314 g/mol. The first-order chi connectivity index (χ1) is 9.85. The van der Waals surface area contributed by atoms with Gasteiger partial charge in [-0.2, -0.15) is 8.42 Å². The lowest BCUT2D eigenvalue weighted by molar-refractivity contribution is -0.121. The Morgan fingerprint density at radius 3 is 2.33 bits per heavy atom.